The number of nitrogens with zero attached hydrogens (tertiary/aromatic N) is 2. The van der Waals surface area contributed by atoms with Gasteiger partial charge in [0.2, 0.25) is 0 Å². The van der Waals surface area contributed by atoms with Crippen molar-refractivity contribution in [1.29, 1.82) is 0 Å². The van der Waals surface area contributed by atoms with Crippen LogP contribution in [-0.2, 0) is 5.41 Å². The van der Waals surface area contributed by atoms with Gasteiger partial charge in [0.05, 0.1) is 11.4 Å². The first-order chi connectivity index (χ1) is 9.93. The fraction of sp³-hybridized carbons (Fsp3) is 0.294. The summed E-state index contributed by atoms with van der Waals surface area (Å²) in [4.78, 5) is 0. The monoisotopic (exact) mass is 280 g/mol. The number of nitrogens with one attached hydrogen (secondary N) is 2. The van der Waals surface area contributed by atoms with Crippen LogP contribution in [0.4, 0.5) is 0 Å². The number of aromatic nitrogens is 4. The van der Waals surface area contributed by atoms with E-state index in [0.29, 0.717) is 0 Å². The summed E-state index contributed by atoms with van der Waals surface area (Å²) in [6.45, 7) is 8.64. The Balaban J connectivity index is 1.90. The smallest absolute Gasteiger partial charge is 0.110 e. The third-order valence-corrected chi connectivity index (χ3v) is 3.61. The molecule has 2 heterocycles. The lowest BCUT2D eigenvalue weighted by Gasteiger charge is -2.18. The van der Waals surface area contributed by atoms with E-state index in [0.717, 1.165) is 28.3 Å². The van der Waals surface area contributed by atoms with Crippen LogP contribution in [0, 0.1) is 6.92 Å². The first-order valence-electron chi connectivity index (χ1n) is 7.12. The Bertz CT molecular complexity index is 742. The molecule has 0 radical (unpaired) electrons. The zero-order chi connectivity index (χ0) is 15.0. The van der Waals surface area contributed by atoms with Crippen molar-refractivity contribution < 1.29 is 0 Å². The Morgan fingerprint density at radius 3 is 2.10 bits per heavy atom. The summed E-state index contributed by atoms with van der Waals surface area (Å²) in [6.07, 6.45) is 0. The number of aryl methyl sites for hydroxylation is 1. The Kier molecular flexibility index (Phi) is 3.16. The number of benzene rings is 1. The molecular formula is C17H20N4. The molecule has 0 bridgehead atoms. The van der Waals surface area contributed by atoms with Gasteiger partial charge in [0.15, 0.2) is 0 Å². The van der Waals surface area contributed by atoms with Crippen LogP contribution >= 0.6 is 0 Å². The molecule has 0 atom stereocenters. The maximum Gasteiger partial charge on any atom is 0.110 e. The van der Waals surface area contributed by atoms with Gasteiger partial charge in [0.1, 0.15) is 5.69 Å². The molecule has 0 aliphatic carbocycles. The van der Waals surface area contributed by atoms with E-state index >= 15 is 0 Å². The maximum absolute atomic E-state index is 4.39. The largest absolute Gasteiger partial charge is 0.282 e. The van der Waals surface area contributed by atoms with E-state index in [1.54, 1.807) is 0 Å². The number of hydrogen-bond acceptors (Lipinski definition) is 2. The van der Waals surface area contributed by atoms with Crippen LogP contribution in [0.25, 0.3) is 22.6 Å². The highest BCUT2D eigenvalue weighted by Gasteiger charge is 2.14. The number of H-pyrrole nitrogens is 2. The summed E-state index contributed by atoms with van der Waals surface area (Å²) in [5.74, 6) is 0. The Hall–Kier alpha value is -2.36. The van der Waals surface area contributed by atoms with Gasteiger partial charge in [-0.3, -0.25) is 10.2 Å². The summed E-state index contributed by atoms with van der Waals surface area (Å²) in [7, 11) is 0. The molecule has 0 aliphatic heterocycles. The number of aromatic amines is 2. The van der Waals surface area contributed by atoms with Crippen molar-refractivity contribution in [2.45, 2.75) is 33.1 Å². The molecule has 0 fully saturated rings. The van der Waals surface area contributed by atoms with E-state index in [1.807, 2.05) is 19.1 Å². The number of hydrogen-bond donors (Lipinski definition) is 2. The minimum atomic E-state index is 0.168. The van der Waals surface area contributed by atoms with Gasteiger partial charge >= 0.3 is 0 Å². The average molecular weight is 280 g/mol. The highest BCUT2D eigenvalue weighted by Crippen LogP contribution is 2.27. The minimum absolute atomic E-state index is 0.168. The predicted octanol–water partition coefficient (Wildman–Crippen LogP) is 4.07. The fourth-order valence-electron chi connectivity index (χ4n) is 2.30. The third kappa shape index (κ3) is 2.75. The lowest BCUT2D eigenvalue weighted by Crippen LogP contribution is -2.10. The van der Waals surface area contributed by atoms with Crippen molar-refractivity contribution in [3.05, 3.63) is 47.7 Å². The van der Waals surface area contributed by atoms with E-state index in [1.165, 1.54) is 5.56 Å². The Morgan fingerprint density at radius 2 is 1.52 bits per heavy atom. The highest BCUT2D eigenvalue weighted by molar-refractivity contribution is 5.66. The third-order valence-electron chi connectivity index (χ3n) is 3.61. The van der Waals surface area contributed by atoms with Crippen molar-refractivity contribution in [3.63, 3.8) is 0 Å². The van der Waals surface area contributed by atoms with Crippen molar-refractivity contribution in [2.75, 3.05) is 0 Å². The molecule has 1 aromatic carbocycles. The van der Waals surface area contributed by atoms with Crippen molar-refractivity contribution in [2.24, 2.45) is 0 Å². The number of rotatable bonds is 2. The molecule has 3 aromatic rings. The summed E-state index contributed by atoms with van der Waals surface area (Å²) >= 11 is 0. The second-order valence-electron chi connectivity index (χ2n) is 6.43. The molecule has 0 aliphatic rings. The maximum atomic E-state index is 4.39. The van der Waals surface area contributed by atoms with Crippen LogP contribution in [0.15, 0.2) is 36.4 Å². The topological polar surface area (TPSA) is 57.4 Å². The highest BCUT2D eigenvalue weighted by atomic mass is 15.2. The summed E-state index contributed by atoms with van der Waals surface area (Å²) in [5, 5.41) is 14.6. The lowest BCUT2D eigenvalue weighted by atomic mass is 9.86. The summed E-state index contributed by atoms with van der Waals surface area (Å²) in [6, 6.07) is 12.6. The molecule has 0 saturated carbocycles. The van der Waals surface area contributed by atoms with Crippen LogP contribution in [0.5, 0.6) is 0 Å². The van der Waals surface area contributed by atoms with Gasteiger partial charge < -0.3 is 0 Å². The zero-order valence-corrected chi connectivity index (χ0v) is 12.9. The molecule has 0 unspecified atom stereocenters. The molecule has 21 heavy (non-hydrogen) atoms. The SMILES string of the molecule is Cc1cc(-c2cc(-c3ccc(C(C)(C)C)cc3)n[nH]2)n[nH]1. The lowest BCUT2D eigenvalue weighted by molar-refractivity contribution is 0.590. The van der Waals surface area contributed by atoms with Gasteiger partial charge in [0, 0.05) is 11.3 Å². The molecular weight excluding hydrogens is 260 g/mol. The Morgan fingerprint density at radius 1 is 0.857 bits per heavy atom. The van der Waals surface area contributed by atoms with Crippen LogP contribution in [0.1, 0.15) is 32.0 Å². The van der Waals surface area contributed by atoms with Gasteiger partial charge in [0.25, 0.3) is 0 Å². The average Bonchev–Trinajstić information content (AvgIpc) is 3.06. The van der Waals surface area contributed by atoms with E-state index < -0.39 is 0 Å². The van der Waals surface area contributed by atoms with Gasteiger partial charge in [-0.15, -0.1) is 0 Å². The fourth-order valence-corrected chi connectivity index (χ4v) is 2.30. The molecule has 0 saturated heterocycles. The molecule has 2 aromatic heterocycles. The standard InChI is InChI=1S/C17H20N4/c1-11-9-15(20-18-11)16-10-14(19-21-16)12-5-7-13(8-6-12)17(2,3)4/h5-10H,1-4H3,(H,18,20)(H,19,21). The molecule has 2 N–H and O–H groups in total. The minimum Gasteiger partial charge on any atom is -0.282 e. The van der Waals surface area contributed by atoms with E-state index in [2.05, 4.69) is 65.4 Å². The molecule has 0 spiro atoms. The summed E-state index contributed by atoms with van der Waals surface area (Å²) < 4.78 is 0. The van der Waals surface area contributed by atoms with E-state index in [9.17, 15) is 0 Å². The second-order valence-corrected chi connectivity index (χ2v) is 6.43. The van der Waals surface area contributed by atoms with Crippen LogP contribution < -0.4 is 0 Å². The molecule has 108 valence electrons. The van der Waals surface area contributed by atoms with E-state index in [-0.39, 0.29) is 5.41 Å². The first-order valence-corrected chi connectivity index (χ1v) is 7.12. The first kappa shape index (κ1) is 13.6. The molecule has 4 nitrogen and oxygen atoms in total. The van der Waals surface area contributed by atoms with Crippen LogP contribution in [0.3, 0.4) is 0 Å². The van der Waals surface area contributed by atoms with E-state index in [4.69, 9.17) is 0 Å². The van der Waals surface area contributed by atoms with Crippen molar-refractivity contribution in [3.8, 4) is 22.6 Å². The zero-order valence-electron chi connectivity index (χ0n) is 12.9. The van der Waals surface area contributed by atoms with Gasteiger partial charge in [-0.05, 0) is 30.0 Å². The van der Waals surface area contributed by atoms with Crippen LogP contribution in [-0.4, -0.2) is 20.4 Å². The Labute approximate surface area is 124 Å². The second kappa shape index (κ2) is 4.88. The summed E-state index contributed by atoms with van der Waals surface area (Å²) in [5.41, 5.74) is 6.39. The molecule has 0 amide bonds. The predicted molar refractivity (Wildman–Crippen MR) is 85.0 cm³/mol. The van der Waals surface area contributed by atoms with Crippen molar-refractivity contribution >= 4 is 0 Å². The normalized spacial score (nSPS) is 11.8. The van der Waals surface area contributed by atoms with Crippen LogP contribution in [0.2, 0.25) is 0 Å². The molecule has 3 rings (SSSR count). The van der Waals surface area contributed by atoms with Gasteiger partial charge in [-0.25, -0.2) is 0 Å². The molecule has 4 heteroatoms. The van der Waals surface area contributed by atoms with Crippen molar-refractivity contribution in [1.82, 2.24) is 20.4 Å². The quantitative estimate of drug-likeness (QED) is 0.743. The van der Waals surface area contributed by atoms with Gasteiger partial charge in [-0.2, -0.15) is 10.2 Å². The van der Waals surface area contributed by atoms with Gasteiger partial charge in [-0.1, -0.05) is 45.0 Å².